The van der Waals surface area contributed by atoms with E-state index in [0.717, 1.165) is 89.7 Å². The normalized spacial score (nSPS) is 20.8. The standard InChI is InChI=1S/C23H34O3.C22H32O3.C20H28O3/c1-2-3-4-5-6-7-19-8-10-21(11-9-19)18-26-22-15-12-20(13-16-22)14-17-23(24)25;1-2-3-4-5-6-18-7-9-20(10-8-18)17-25-21-14-11-19(12-15-21)13-16-22(23)24;1-2-3-4-16-5-7-18(8-6-16)15-23-19-12-9-17(10-13-19)11-14-20(21)22/h12-17,19,21H,2-11,18H2,1H3,(H,24,25);11-16,18,20H,2-10,17H2,1H3,(H,23,24);9-14,16,18H,2-8,15H2,1H3,(H,21,22)/b17-14+;16-13+;14-11+. The Balaban J connectivity index is 0.000000241. The molecule has 9 heteroatoms. The summed E-state index contributed by atoms with van der Waals surface area (Å²) in [7, 11) is 0. The lowest BCUT2D eigenvalue weighted by Gasteiger charge is -2.28. The van der Waals surface area contributed by atoms with Crippen molar-refractivity contribution in [2.75, 3.05) is 19.8 Å². The summed E-state index contributed by atoms with van der Waals surface area (Å²) < 4.78 is 17.8. The number of rotatable bonds is 29. The summed E-state index contributed by atoms with van der Waals surface area (Å²) in [6, 6.07) is 22.8. The topological polar surface area (TPSA) is 140 Å². The predicted octanol–water partition coefficient (Wildman–Crippen LogP) is 17.4. The average molecular weight is 1020 g/mol. The summed E-state index contributed by atoms with van der Waals surface area (Å²) in [6.07, 6.45) is 43.5. The third-order valence-electron chi connectivity index (χ3n) is 15.4. The van der Waals surface area contributed by atoms with Crippen molar-refractivity contribution < 1.29 is 43.9 Å². The molecule has 3 N–H and O–H groups in total. The van der Waals surface area contributed by atoms with Crippen LogP contribution in [0.1, 0.15) is 204 Å². The van der Waals surface area contributed by atoms with Crippen molar-refractivity contribution in [1.29, 1.82) is 0 Å². The molecular weight excluding hydrogens is 925 g/mol. The highest BCUT2D eigenvalue weighted by Gasteiger charge is 2.23. The van der Waals surface area contributed by atoms with Gasteiger partial charge in [0.05, 0.1) is 19.8 Å². The van der Waals surface area contributed by atoms with Crippen LogP contribution in [-0.4, -0.2) is 53.0 Å². The second-order valence-corrected chi connectivity index (χ2v) is 21.5. The van der Waals surface area contributed by atoms with E-state index in [2.05, 4.69) is 20.8 Å². The fraction of sp³-hybridized carbons (Fsp3) is 0.585. The second-order valence-electron chi connectivity index (χ2n) is 21.5. The first kappa shape index (κ1) is 61.2. The number of benzene rings is 3. The van der Waals surface area contributed by atoms with Gasteiger partial charge in [-0.2, -0.15) is 0 Å². The van der Waals surface area contributed by atoms with E-state index in [0.29, 0.717) is 17.8 Å². The first-order valence-corrected chi connectivity index (χ1v) is 28.9. The Labute approximate surface area is 446 Å². The number of carboxylic acids is 3. The van der Waals surface area contributed by atoms with Gasteiger partial charge in [-0.25, -0.2) is 14.4 Å². The van der Waals surface area contributed by atoms with Crippen molar-refractivity contribution in [3.8, 4) is 17.2 Å². The maximum absolute atomic E-state index is 10.5. The minimum absolute atomic E-state index is 0.679. The molecule has 3 aliphatic rings. The fourth-order valence-electron chi connectivity index (χ4n) is 10.6. The van der Waals surface area contributed by atoms with Crippen LogP contribution in [0.15, 0.2) is 91.0 Å². The van der Waals surface area contributed by atoms with Crippen LogP contribution in [0.3, 0.4) is 0 Å². The molecule has 0 atom stereocenters. The zero-order chi connectivity index (χ0) is 53.0. The highest BCUT2D eigenvalue weighted by atomic mass is 16.5. The molecule has 3 aliphatic carbocycles. The minimum atomic E-state index is -0.931. The summed E-state index contributed by atoms with van der Waals surface area (Å²) in [5.74, 6) is 4.67. The molecular formula is C65H94O9. The Hall–Kier alpha value is -5.31. The molecule has 0 unspecified atom stereocenters. The predicted molar refractivity (Wildman–Crippen MR) is 304 cm³/mol. The summed E-state index contributed by atoms with van der Waals surface area (Å²) in [4.78, 5) is 31.5. The Kier molecular flexibility index (Phi) is 31.0. The van der Waals surface area contributed by atoms with Gasteiger partial charge in [0.25, 0.3) is 0 Å². The van der Waals surface area contributed by atoms with Crippen LogP contribution in [0.2, 0.25) is 0 Å². The van der Waals surface area contributed by atoms with Crippen LogP contribution in [0, 0.1) is 35.5 Å². The lowest BCUT2D eigenvalue weighted by Crippen LogP contribution is -2.20. The first-order valence-electron chi connectivity index (χ1n) is 28.9. The van der Waals surface area contributed by atoms with Gasteiger partial charge in [-0.05, 0) is 145 Å². The number of aliphatic carboxylic acids is 3. The lowest BCUT2D eigenvalue weighted by molar-refractivity contribution is -0.132. The maximum Gasteiger partial charge on any atom is 0.328 e. The van der Waals surface area contributed by atoms with E-state index in [-0.39, 0.29) is 0 Å². The highest BCUT2D eigenvalue weighted by Crippen LogP contribution is 2.35. The molecule has 0 saturated heterocycles. The second kappa shape index (κ2) is 37.4. The van der Waals surface area contributed by atoms with Crippen LogP contribution in [0.25, 0.3) is 18.2 Å². The molecule has 0 amide bonds. The van der Waals surface area contributed by atoms with Crippen LogP contribution >= 0.6 is 0 Å². The first-order chi connectivity index (χ1) is 36.0. The summed E-state index contributed by atoms with van der Waals surface area (Å²) in [5, 5.41) is 25.9. The van der Waals surface area contributed by atoms with Gasteiger partial charge in [0.2, 0.25) is 0 Å². The lowest BCUT2D eigenvalue weighted by atomic mass is 9.80. The zero-order valence-corrected chi connectivity index (χ0v) is 45.7. The Morgan fingerprint density at radius 2 is 0.608 bits per heavy atom. The van der Waals surface area contributed by atoms with Crippen molar-refractivity contribution in [1.82, 2.24) is 0 Å². The van der Waals surface area contributed by atoms with Crippen molar-refractivity contribution in [2.24, 2.45) is 35.5 Å². The number of carbonyl (C=O) groups is 3. The molecule has 9 nitrogen and oxygen atoms in total. The molecule has 0 radical (unpaired) electrons. The van der Waals surface area contributed by atoms with Crippen LogP contribution in [-0.2, 0) is 14.4 Å². The molecule has 0 heterocycles. The highest BCUT2D eigenvalue weighted by molar-refractivity contribution is 5.86. The number of carboxylic acid groups (broad SMARTS) is 3. The monoisotopic (exact) mass is 1020 g/mol. The number of hydrogen-bond donors (Lipinski definition) is 3. The molecule has 74 heavy (non-hydrogen) atoms. The van der Waals surface area contributed by atoms with Crippen LogP contribution in [0.5, 0.6) is 17.2 Å². The van der Waals surface area contributed by atoms with Gasteiger partial charge >= 0.3 is 17.9 Å². The summed E-state index contributed by atoms with van der Waals surface area (Å²) in [6.45, 7) is 9.20. The van der Waals surface area contributed by atoms with E-state index in [9.17, 15) is 14.4 Å². The third kappa shape index (κ3) is 27.8. The van der Waals surface area contributed by atoms with Crippen LogP contribution in [0.4, 0.5) is 0 Å². The number of ether oxygens (including phenoxy) is 3. The summed E-state index contributed by atoms with van der Waals surface area (Å²) in [5.41, 5.74) is 2.62. The quantitative estimate of drug-likeness (QED) is 0.0458. The Morgan fingerprint density at radius 1 is 0.365 bits per heavy atom. The van der Waals surface area contributed by atoms with Crippen molar-refractivity contribution >= 4 is 36.1 Å². The van der Waals surface area contributed by atoms with E-state index in [1.807, 2.05) is 72.8 Å². The van der Waals surface area contributed by atoms with Gasteiger partial charge in [-0.3, -0.25) is 0 Å². The average Bonchev–Trinajstić information content (AvgIpc) is 3.42. The smallest absolute Gasteiger partial charge is 0.328 e. The van der Waals surface area contributed by atoms with Crippen molar-refractivity contribution in [3.05, 3.63) is 108 Å². The molecule has 408 valence electrons. The molecule has 0 spiro atoms. The van der Waals surface area contributed by atoms with E-state index < -0.39 is 17.9 Å². The third-order valence-corrected chi connectivity index (χ3v) is 15.4. The largest absolute Gasteiger partial charge is 0.493 e. The molecule has 3 fully saturated rings. The molecule has 0 bridgehead atoms. The van der Waals surface area contributed by atoms with Crippen LogP contribution < -0.4 is 14.2 Å². The molecule has 6 rings (SSSR count). The van der Waals surface area contributed by atoms with E-state index in [1.54, 1.807) is 18.2 Å². The Bertz CT molecular complexity index is 2030. The number of unbranched alkanes of at least 4 members (excludes halogenated alkanes) is 8. The number of hydrogen-bond acceptors (Lipinski definition) is 6. The SMILES string of the molecule is CCCCC1CCC(COc2ccc(/C=C/C(=O)O)cc2)CC1.CCCCCCC1CCC(COc2ccc(/C=C/C(=O)O)cc2)CC1.CCCCCCCC1CCC(COc2ccc(/C=C/C(=O)O)cc2)CC1. The molecule has 0 aliphatic heterocycles. The molecule has 3 saturated carbocycles. The Morgan fingerprint density at radius 3 is 0.878 bits per heavy atom. The van der Waals surface area contributed by atoms with Gasteiger partial charge < -0.3 is 29.5 Å². The van der Waals surface area contributed by atoms with Crippen molar-refractivity contribution in [3.63, 3.8) is 0 Å². The molecule has 0 aromatic heterocycles. The summed E-state index contributed by atoms with van der Waals surface area (Å²) >= 11 is 0. The van der Waals surface area contributed by atoms with Gasteiger partial charge in [-0.15, -0.1) is 0 Å². The van der Waals surface area contributed by atoms with Gasteiger partial charge in [0.1, 0.15) is 17.2 Å². The van der Waals surface area contributed by atoms with Gasteiger partial charge in [0.15, 0.2) is 0 Å². The minimum Gasteiger partial charge on any atom is -0.493 e. The van der Waals surface area contributed by atoms with E-state index >= 15 is 0 Å². The maximum atomic E-state index is 10.5. The molecule has 3 aromatic carbocycles. The van der Waals surface area contributed by atoms with Gasteiger partial charge in [-0.1, -0.05) is 186 Å². The van der Waals surface area contributed by atoms with Crippen molar-refractivity contribution in [2.45, 2.75) is 188 Å². The van der Waals surface area contributed by atoms with Gasteiger partial charge in [0, 0.05) is 18.2 Å². The fourth-order valence-corrected chi connectivity index (χ4v) is 10.6. The molecule has 3 aromatic rings. The van der Waals surface area contributed by atoms with E-state index in [1.165, 1.54) is 167 Å². The zero-order valence-electron chi connectivity index (χ0n) is 45.7. The van der Waals surface area contributed by atoms with E-state index in [4.69, 9.17) is 29.5 Å².